The average Bonchev–Trinajstić information content (AvgIpc) is 3.22. The van der Waals surface area contributed by atoms with Crippen molar-refractivity contribution in [1.82, 2.24) is 15.1 Å². The Morgan fingerprint density at radius 1 is 1.48 bits per heavy atom. The van der Waals surface area contributed by atoms with Gasteiger partial charge in [-0.2, -0.15) is 5.10 Å². The number of carbonyl (C=O) groups excluding carboxylic acids is 1. The van der Waals surface area contributed by atoms with E-state index in [1.54, 1.807) is 10.9 Å². The number of amides is 1. The molecule has 0 saturated heterocycles. The zero-order valence-electron chi connectivity index (χ0n) is 12.1. The molecule has 1 aliphatic carbocycles. The topological polar surface area (TPSA) is 46.9 Å². The fourth-order valence-corrected chi connectivity index (χ4v) is 2.68. The number of rotatable bonds is 4. The zero-order valence-corrected chi connectivity index (χ0v) is 12.9. The standard InChI is InChI=1S/C16H18ClN3O/c1-10(12-6-7-12)19-16(21)15-9-18-20(11(15)2)14-5-3-4-13(17)8-14/h3-5,8-10,12H,6-7H2,1-2H3,(H,19,21). The van der Waals surface area contributed by atoms with Crippen molar-refractivity contribution in [3.05, 3.63) is 46.7 Å². The fraction of sp³-hybridized carbons (Fsp3) is 0.375. The van der Waals surface area contributed by atoms with E-state index in [0.29, 0.717) is 16.5 Å². The maximum atomic E-state index is 12.3. The van der Waals surface area contributed by atoms with E-state index in [2.05, 4.69) is 17.3 Å². The minimum absolute atomic E-state index is 0.0554. The highest BCUT2D eigenvalue weighted by molar-refractivity contribution is 6.30. The predicted molar refractivity (Wildman–Crippen MR) is 83.0 cm³/mol. The van der Waals surface area contributed by atoms with Gasteiger partial charge < -0.3 is 5.32 Å². The van der Waals surface area contributed by atoms with Crippen LogP contribution in [0.3, 0.4) is 0 Å². The summed E-state index contributed by atoms with van der Waals surface area (Å²) in [6.07, 6.45) is 4.04. The number of hydrogen-bond acceptors (Lipinski definition) is 2. The SMILES string of the molecule is Cc1c(C(=O)NC(C)C2CC2)cnn1-c1cccc(Cl)c1. The van der Waals surface area contributed by atoms with Crippen LogP contribution in [0.4, 0.5) is 0 Å². The maximum absolute atomic E-state index is 12.3. The first-order chi connectivity index (χ1) is 10.1. The van der Waals surface area contributed by atoms with Crippen LogP contribution in [0, 0.1) is 12.8 Å². The highest BCUT2D eigenvalue weighted by atomic mass is 35.5. The summed E-state index contributed by atoms with van der Waals surface area (Å²) >= 11 is 6.01. The molecule has 1 heterocycles. The molecule has 3 rings (SSSR count). The van der Waals surface area contributed by atoms with Crippen molar-refractivity contribution >= 4 is 17.5 Å². The van der Waals surface area contributed by atoms with Gasteiger partial charge in [-0.1, -0.05) is 17.7 Å². The van der Waals surface area contributed by atoms with Gasteiger partial charge in [0.05, 0.1) is 23.1 Å². The quantitative estimate of drug-likeness (QED) is 0.941. The van der Waals surface area contributed by atoms with Gasteiger partial charge in [-0.05, 0) is 50.8 Å². The number of carbonyl (C=O) groups is 1. The summed E-state index contributed by atoms with van der Waals surface area (Å²) in [4.78, 5) is 12.3. The van der Waals surface area contributed by atoms with Crippen LogP contribution < -0.4 is 5.32 Å². The van der Waals surface area contributed by atoms with E-state index >= 15 is 0 Å². The lowest BCUT2D eigenvalue weighted by molar-refractivity contribution is 0.0935. The lowest BCUT2D eigenvalue weighted by Crippen LogP contribution is -2.34. The van der Waals surface area contributed by atoms with Crippen molar-refractivity contribution < 1.29 is 4.79 Å². The van der Waals surface area contributed by atoms with Crippen LogP contribution in [-0.2, 0) is 0 Å². The Labute approximate surface area is 129 Å². The van der Waals surface area contributed by atoms with Gasteiger partial charge in [0.1, 0.15) is 0 Å². The summed E-state index contributed by atoms with van der Waals surface area (Å²) < 4.78 is 1.74. The van der Waals surface area contributed by atoms with Gasteiger partial charge in [0.15, 0.2) is 0 Å². The van der Waals surface area contributed by atoms with Crippen LogP contribution >= 0.6 is 11.6 Å². The second kappa shape index (κ2) is 5.53. The van der Waals surface area contributed by atoms with Crippen molar-refractivity contribution in [1.29, 1.82) is 0 Å². The number of halogens is 1. The molecule has 1 saturated carbocycles. The van der Waals surface area contributed by atoms with E-state index in [1.807, 2.05) is 31.2 Å². The van der Waals surface area contributed by atoms with Gasteiger partial charge >= 0.3 is 0 Å². The van der Waals surface area contributed by atoms with Gasteiger partial charge in [0.2, 0.25) is 0 Å². The van der Waals surface area contributed by atoms with Crippen molar-refractivity contribution in [2.24, 2.45) is 5.92 Å². The Morgan fingerprint density at radius 3 is 2.90 bits per heavy atom. The summed E-state index contributed by atoms with van der Waals surface area (Å²) in [5.74, 6) is 0.581. The van der Waals surface area contributed by atoms with E-state index in [4.69, 9.17) is 11.6 Å². The Hall–Kier alpha value is -1.81. The van der Waals surface area contributed by atoms with Crippen LogP contribution in [0.5, 0.6) is 0 Å². The zero-order chi connectivity index (χ0) is 15.0. The number of aromatic nitrogens is 2. The van der Waals surface area contributed by atoms with Crippen molar-refractivity contribution in [3.63, 3.8) is 0 Å². The minimum atomic E-state index is -0.0554. The second-order valence-electron chi connectivity index (χ2n) is 5.63. The molecule has 21 heavy (non-hydrogen) atoms. The molecule has 0 radical (unpaired) electrons. The van der Waals surface area contributed by atoms with Gasteiger partial charge in [0.25, 0.3) is 5.91 Å². The average molecular weight is 304 g/mol. The van der Waals surface area contributed by atoms with Crippen LogP contribution in [-0.4, -0.2) is 21.7 Å². The molecule has 1 amide bonds. The molecule has 1 N–H and O–H groups in total. The molecule has 1 aliphatic rings. The van der Waals surface area contributed by atoms with Crippen molar-refractivity contribution in [3.8, 4) is 5.69 Å². The summed E-state index contributed by atoms with van der Waals surface area (Å²) in [5.41, 5.74) is 2.29. The minimum Gasteiger partial charge on any atom is -0.349 e. The van der Waals surface area contributed by atoms with Crippen molar-refractivity contribution in [2.45, 2.75) is 32.7 Å². The first-order valence-electron chi connectivity index (χ1n) is 7.17. The van der Waals surface area contributed by atoms with Crippen LogP contribution in [0.1, 0.15) is 35.8 Å². The van der Waals surface area contributed by atoms with E-state index in [1.165, 1.54) is 12.8 Å². The normalized spacial score (nSPS) is 15.8. The molecule has 0 spiro atoms. The molecule has 110 valence electrons. The smallest absolute Gasteiger partial charge is 0.254 e. The van der Waals surface area contributed by atoms with E-state index in [0.717, 1.165) is 11.4 Å². The third kappa shape index (κ3) is 2.95. The number of benzene rings is 1. The van der Waals surface area contributed by atoms with Crippen molar-refractivity contribution in [2.75, 3.05) is 0 Å². The molecular formula is C16H18ClN3O. The van der Waals surface area contributed by atoms with Crippen LogP contribution in [0.15, 0.2) is 30.5 Å². The molecule has 2 aromatic rings. The monoisotopic (exact) mass is 303 g/mol. The molecule has 4 nitrogen and oxygen atoms in total. The predicted octanol–water partition coefficient (Wildman–Crippen LogP) is 3.36. The van der Waals surface area contributed by atoms with Gasteiger partial charge in [-0.15, -0.1) is 0 Å². The summed E-state index contributed by atoms with van der Waals surface area (Å²) in [5, 5.41) is 8.02. The molecule has 5 heteroatoms. The molecule has 1 aromatic carbocycles. The van der Waals surface area contributed by atoms with Crippen LogP contribution in [0.2, 0.25) is 5.02 Å². The first kappa shape index (κ1) is 14.1. The third-order valence-electron chi connectivity index (χ3n) is 4.00. The number of nitrogens with zero attached hydrogens (tertiary/aromatic N) is 2. The Balaban J connectivity index is 1.83. The van der Waals surface area contributed by atoms with Gasteiger partial charge in [0, 0.05) is 11.1 Å². The molecule has 1 fully saturated rings. The highest BCUT2D eigenvalue weighted by Crippen LogP contribution is 2.32. The van der Waals surface area contributed by atoms with Crippen LogP contribution in [0.25, 0.3) is 5.69 Å². The number of hydrogen-bond donors (Lipinski definition) is 1. The largest absolute Gasteiger partial charge is 0.349 e. The molecule has 0 bridgehead atoms. The Bertz CT molecular complexity index is 676. The molecule has 1 atom stereocenters. The Kier molecular flexibility index (Phi) is 3.72. The Morgan fingerprint density at radius 2 is 2.24 bits per heavy atom. The fourth-order valence-electron chi connectivity index (χ4n) is 2.50. The molecule has 0 aliphatic heterocycles. The van der Waals surface area contributed by atoms with Gasteiger partial charge in [-0.3, -0.25) is 4.79 Å². The summed E-state index contributed by atoms with van der Waals surface area (Å²) in [6, 6.07) is 7.66. The maximum Gasteiger partial charge on any atom is 0.254 e. The molecular weight excluding hydrogens is 286 g/mol. The van der Waals surface area contributed by atoms with E-state index in [9.17, 15) is 4.79 Å². The number of nitrogens with one attached hydrogen (secondary N) is 1. The third-order valence-corrected chi connectivity index (χ3v) is 4.23. The second-order valence-corrected chi connectivity index (χ2v) is 6.07. The summed E-state index contributed by atoms with van der Waals surface area (Å²) in [7, 11) is 0. The highest BCUT2D eigenvalue weighted by Gasteiger charge is 2.29. The first-order valence-corrected chi connectivity index (χ1v) is 7.55. The molecule has 1 unspecified atom stereocenters. The van der Waals surface area contributed by atoms with E-state index < -0.39 is 0 Å². The summed E-state index contributed by atoms with van der Waals surface area (Å²) in [6.45, 7) is 3.96. The van der Waals surface area contributed by atoms with E-state index in [-0.39, 0.29) is 11.9 Å². The van der Waals surface area contributed by atoms with Gasteiger partial charge in [-0.25, -0.2) is 4.68 Å². The lowest BCUT2D eigenvalue weighted by Gasteiger charge is -2.12. The lowest BCUT2D eigenvalue weighted by atomic mass is 10.2. The molecule has 1 aromatic heterocycles.